The lowest BCUT2D eigenvalue weighted by molar-refractivity contribution is -0.132. The first-order chi connectivity index (χ1) is 20.4. The van der Waals surface area contributed by atoms with Gasteiger partial charge in [-0.1, -0.05) is 0 Å². The highest BCUT2D eigenvalue weighted by Gasteiger charge is 2.33. The van der Waals surface area contributed by atoms with Crippen LogP contribution in [0.3, 0.4) is 0 Å². The molecular weight excluding hydrogens is 532 g/mol. The number of nitrogens with zero attached hydrogens (tertiary/aromatic N) is 9. The van der Waals surface area contributed by atoms with Gasteiger partial charge in [0.2, 0.25) is 11.8 Å². The van der Waals surface area contributed by atoms with Crippen LogP contribution in [-0.4, -0.2) is 98.9 Å². The monoisotopic (exact) mass is 566 g/mol. The molecule has 2 aliphatic rings. The molecule has 4 aromatic rings. The van der Waals surface area contributed by atoms with Crippen molar-refractivity contribution in [1.82, 2.24) is 34.8 Å². The molecule has 2 aliphatic heterocycles. The molecule has 0 spiro atoms. The maximum Gasteiger partial charge on any atom is 0.236 e. The molecular formula is C30H34N10O2. The van der Waals surface area contributed by atoms with Gasteiger partial charge in [0.1, 0.15) is 12.4 Å². The van der Waals surface area contributed by atoms with E-state index < -0.39 is 0 Å². The first-order valence-corrected chi connectivity index (χ1v) is 14.3. The van der Waals surface area contributed by atoms with Gasteiger partial charge in [-0.25, -0.2) is 4.98 Å². The van der Waals surface area contributed by atoms with E-state index in [1.54, 1.807) is 15.9 Å². The summed E-state index contributed by atoms with van der Waals surface area (Å²) in [6.45, 7) is 6.96. The van der Waals surface area contributed by atoms with E-state index in [1.807, 2.05) is 49.2 Å². The number of fused-ring (bicyclic) bond motifs is 1. The number of carbonyl (C=O) groups is 2. The van der Waals surface area contributed by atoms with Crippen LogP contribution in [0.4, 0.5) is 11.4 Å². The van der Waals surface area contributed by atoms with Crippen LogP contribution >= 0.6 is 0 Å². The fraction of sp³-hybridized carbons (Fsp3) is 0.400. The van der Waals surface area contributed by atoms with Crippen LogP contribution in [0.2, 0.25) is 0 Å². The number of hydrogen-bond donors (Lipinski definition) is 1. The number of aryl methyl sites for hydroxylation is 1. The SMILES string of the molecule is CCN(C(=O)C1CCN(CC(=O)N2CCN(c3ccc(-c4ncn(C)n4)cc3)CC2)C1)c1ccc2[nH]nc(C#N)c2c1. The number of carbonyl (C=O) groups excluding carboxylic acids is 2. The summed E-state index contributed by atoms with van der Waals surface area (Å²) in [5.74, 6) is 0.695. The second-order valence-electron chi connectivity index (χ2n) is 10.9. The topological polar surface area (TPSA) is 130 Å². The maximum atomic E-state index is 13.5. The zero-order chi connectivity index (χ0) is 29.2. The van der Waals surface area contributed by atoms with Crippen molar-refractivity contribution in [3.8, 4) is 17.5 Å². The number of benzene rings is 2. The fourth-order valence-electron chi connectivity index (χ4n) is 5.92. The number of hydrogen-bond acceptors (Lipinski definition) is 8. The van der Waals surface area contributed by atoms with E-state index in [0.29, 0.717) is 49.6 Å². The minimum absolute atomic E-state index is 0.0484. The van der Waals surface area contributed by atoms with Crippen LogP contribution in [0.15, 0.2) is 48.8 Å². The molecule has 2 fully saturated rings. The van der Waals surface area contributed by atoms with E-state index in [1.165, 1.54) is 0 Å². The molecule has 1 atom stereocenters. The predicted octanol–water partition coefficient (Wildman–Crippen LogP) is 2.25. The van der Waals surface area contributed by atoms with Crippen molar-refractivity contribution in [2.45, 2.75) is 13.3 Å². The maximum absolute atomic E-state index is 13.5. The lowest BCUT2D eigenvalue weighted by atomic mass is 10.1. The summed E-state index contributed by atoms with van der Waals surface area (Å²) in [4.78, 5) is 39.1. The van der Waals surface area contributed by atoms with Gasteiger partial charge >= 0.3 is 0 Å². The lowest BCUT2D eigenvalue weighted by Crippen LogP contribution is -2.51. The first-order valence-electron chi connectivity index (χ1n) is 14.3. The van der Waals surface area contributed by atoms with Crippen molar-refractivity contribution >= 4 is 34.1 Å². The predicted molar refractivity (Wildman–Crippen MR) is 159 cm³/mol. The second-order valence-corrected chi connectivity index (χ2v) is 10.9. The van der Waals surface area contributed by atoms with E-state index in [2.05, 4.69) is 48.3 Å². The molecule has 2 aromatic heterocycles. The Hall–Kier alpha value is -4.76. The largest absolute Gasteiger partial charge is 0.368 e. The number of aromatic nitrogens is 5. The molecule has 2 amide bonds. The number of H-pyrrole nitrogens is 1. The number of aromatic amines is 1. The van der Waals surface area contributed by atoms with Crippen LogP contribution in [0.25, 0.3) is 22.3 Å². The average Bonchev–Trinajstić information content (AvgIpc) is 3.77. The third-order valence-corrected chi connectivity index (χ3v) is 8.25. The summed E-state index contributed by atoms with van der Waals surface area (Å²) in [7, 11) is 1.85. The molecule has 0 aliphatic carbocycles. The minimum Gasteiger partial charge on any atom is -0.368 e. The Labute approximate surface area is 244 Å². The Kier molecular flexibility index (Phi) is 7.58. The van der Waals surface area contributed by atoms with Gasteiger partial charge in [-0.15, -0.1) is 0 Å². The van der Waals surface area contributed by atoms with E-state index >= 15 is 0 Å². The third-order valence-electron chi connectivity index (χ3n) is 8.25. The molecule has 216 valence electrons. The Balaban J connectivity index is 1.01. The molecule has 12 nitrogen and oxygen atoms in total. The van der Waals surface area contributed by atoms with Crippen LogP contribution in [0, 0.1) is 17.2 Å². The fourth-order valence-corrected chi connectivity index (χ4v) is 5.92. The number of anilines is 2. The molecule has 12 heteroatoms. The average molecular weight is 567 g/mol. The van der Waals surface area contributed by atoms with E-state index in [4.69, 9.17) is 0 Å². The zero-order valence-electron chi connectivity index (χ0n) is 23.9. The van der Waals surface area contributed by atoms with Crippen molar-refractivity contribution in [3.63, 3.8) is 0 Å². The second kappa shape index (κ2) is 11.6. The molecule has 42 heavy (non-hydrogen) atoms. The summed E-state index contributed by atoms with van der Waals surface area (Å²) in [5, 5.41) is 21.3. The van der Waals surface area contributed by atoms with Crippen LogP contribution in [0.5, 0.6) is 0 Å². The highest BCUT2D eigenvalue weighted by Crippen LogP contribution is 2.27. The van der Waals surface area contributed by atoms with Gasteiger partial charge in [0.25, 0.3) is 0 Å². The van der Waals surface area contributed by atoms with Crippen molar-refractivity contribution in [2.24, 2.45) is 13.0 Å². The molecule has 4 heterocycles. The molecule has 2 saturated heterocycles. The van der Waals surface area contributed by atoms with E-state index in [-0.39, 0.29) is 17.7 Å². The molecule has 0 radical (unpaired) electrons. The number of nitrogens with one attached hydrogen (secondary N) is 1. The number of nitriles is 1. The zero-order valence-corrected chi connectivity index (χ0v) is 23.9. The Morgan fingerprint density at radius 3 is 2.57 bits per heavy atom. The minimum atomic E-state index is -0.172. The molecule has 6 rings (SSSR count). The van der Waals surface area contributed by atoms with Gasteiger partial charge in [0.05, 0.1) is 18.0 Å². The van der Waals surface area contributed by atoms with Gasteiger partial charge in [-0.2, -0.15) is 15.5 Å². The highest BCUT2D eigenvalue weighted by atomic mass is 16.2. The van der Waals surface area contributed by atoms with E-state index in [9.17, 15) is 14.9 Å². The highest BCUT2D eigenvalue weighted by molar-refractivity contribution is 5.98. The number of piperazine rings is 1. The summed E-state index contributed by atoms with van der Waals surface area (Å²) in [6.07, 6.45) is 2.41. The Morgan fingerprint density at radius 2 is 1.88 bits per heavy atom. The van der Waals surface area contributed by atoms with Crippen molar-refractivity contribution in [3.05, 3.63) is 54.5 Å². The lowest BCUT2D eigenvalue weighted by Gasteiger charge is -2.36. The molecule has 1 unspecified atom stereocenters. The molecule has 0 saturated carbocycles. The summed E-state index contributed by atoms with van der Waals surface area (Å²) in [6, 6.07) is 15.9. The van der Waals surface area contributed by atoms with Gasteiger partial charge in [-0.3, -0.25) is 24.3 Å². The molecule has 0 bridgehead atoms. The van der Waals surface area contributed by atoms with Crippen LogP contribution in [-0.2, 0) is 16.6 Å². The van der Waals surface area contributed by atoms with Crippen molar-refractivity contribution in [1.29, 1.82) is 5.26 Å². The quantitative estimate of drug-likeness (QED) is 0.361. The summed E-state index contributed by atoms with van der Waals surface area (Å²) in [5.41, 5.74) is 3.94. The van der Waals surface area contributed by atoms with Gasteiger partial charge in [0.15, 0.2) is 11.5 Å². The van der Waals surface area contributed by atoms with E-state index in [0.717, 1.165) is 48.5 Å². The number of amides is 2. The number of rotatable bonds is 7. The van der Waals surface area contributed by atoms with Crippen molar-refractivity contribution < 1.29 is 9.59 Å². The first kappa shape index (κ1) is 27.4. The normalized spacial score (nSPS) is 17.5. The Bertz CT molecular complexity index is 1630. The summed E-state index contributed by atoms with van der Waals surface area (Å²) >= 11 is 0. The van der Waals surface area contributed by atoms with Crippen LogP contribution in [0.1, 0.15) is 19.0 Å². The standard InChI is InChI=1S/C30H34N10O2/c1-3-40(24-8-9-26-25(16-24)27(17-31)34-33-26)30(42)22-10-11-37(18-22)19-28(41)39-14-12-38(13-15-39)23-6-4-21(5-7-23)29-32-20-36(2)35-29/h4-9,16,20,22H,3,10-15,18-19H2,1-2H3,(H,33,34). The van der Waals surface area contributed by atoms with Gasteiger partial charge < -0.3 is 14.7 Å². The smallest absolute Gasteiger partial charge is 0.236 e. The van der Waals surface area contributed by atoms with Gasteiger partial charge in [-0.05, 0) is 62.4 Å². The van der Waals surface area contributed by atoms with Gasteiger partial charge in [0, 0.05) is 68.6 Å². The third kappa shape index (κ3) is 5.43. The Morgan fingerprint density at radius 1 is 1.10 bits per heavy atom. The van der Waals surface area contributed by atoms with Crippen molar-refractivity contribution in [2.75, 3.05) is 62.2 Å². The number of likely N-dealkylation sites (tertiary alicyclic amines) is 1. The molecule has 2 aromatic carbocycles. The molecule has 1 N–H and O–H groups in total. The summed E-state index contributed by atoms with van der Waals surface area (Å²) < 4.78 is 1.69. The van der Waals surface area contributed by atoms with Crippen LogP contribution < -0.4 is 9.80 Å².